The molecule has 0 fully saturated rings. The Balaban J connectivity index is 1.77. The van der Waals surface area contributed by atoms with E-state index in [9.17, 15) is 20.0 Å². The molecule has 0 atom stereocenters. The number of hydrogen-bond acceptors (Lipinski definition) is 8. The summed E-state index contributed by atoms with van der Waals surface area (Å²) in [5.74, 6) is 0.471. The van der Waals surface area contributed by atoms with Gasteiger partial charge in [0.1, 0.15) is 12.1 Å². The van der Waals surface area contributed by atoms with Gasteiger partial charge in [-0.15, -0.1) is 0 Å². The van der Waals surface area contributed by atoms with Crippen LogP contribution in [0.3, 0.4) is 0 Å². The van der Waals surface area contributed by atoms with Crippen LogP contribution in [0.4, 0.5) is 33.5 Å². The predicted molar refractivity (Wildman–Crippen MR) is 144 cm³/mol. The van der Waals surface area contributed by atoms with Crippen LogP contribution < -0.4 is 19.9 Å². The third kappa shape index (κ3) is 6.13. The Morgan fingerprint density at radius 2 is 1.61 bits per heavy atom. The molecule has 3 aromatic carbocycles. The number of rotatable bonds is 10. The van der Waals surface area contributed by atoms with Gasteiger partial charge in [-0.05, 0) is 17.2 Å². The molecule has 0 aliphatic heterocycles. The van der Waals surface area contributed by atoms with E-state index < -0.39 is 11.0 Å². The van der Waals surface area contributed by atoms with Gasteiger partial charge >= 0.3 is 11.8 Å². The minimum Gasteiger partial charge on any atom is -0.497 e. The zero-order chi connectivity index (χ0) is 27.1. The zero-order valence-electron chi connectivity index (χ0n) is 20.8. The van der Waals surface area contributed by atoms with E-state index in [0.29, 0.717) is 30.2 Å². The van der Waals surface area contributed by atoms with Crippen molar-refractivity contribution in [1.82, 2.24) is 9.97 Å². The lowest BCUT2D eigenvalue weighted by atomic mass is 10.1. The molecule has 1 aromatic heterocycles. The molecule has 2 N–H and O–H groups in total. The van der Waals surface area contributed by atoms with E-state index in [2.05, 4.69) is 15.3 Å². The number of benzene rings is 3. The summed E-state index contributed by atoms with van der Waals surface area (Å²) in [7, 11) is 2.83. The standard InChI is InChI=1S/C27H26N6O5/c1-31(27(34)35)22-13-21(14-23(15-22)38-2)30-25-24(33(36)37)26(29-18-28-25)32(16-19-9-5-3-6-10-19)17-20-11-7-4-8-12-20/h3-15,18H,16-17H2,1-2H3,(H,34,35)(H,28,29,30). The summed E-state index contributed by atoms with van der Waals surface area (Å²) in [6, 6.07) is 23.9. The first-order chi connectivity index (χ1) is 18.4. The van der Waals surface area contributed by atoms with Crippen LogP contribution in [0.1, 0.15) is 11.1 Å². The van der Waals surface area contributed by atoms with Crippen molar-refractivity contribution in [3.05, 3.63) is 106 Å². The monoisotopic (exact) mass is 514 g/mol. The molecule has 1 amide bonds. The predicted octanol–water partition coefficient (Wildman–Crippen LogP) is 5.46. The molecule has 0 radical (unpaired) electrons. The number of methoxy groups -OCH3 is 1. The average Bonchev–Trinajstić information content (AvgIpc) is 2.93. The summed E-state index contributed by atoms with van der Waals surface area (Å²) < 4.78 is 5.30. The van der Waals surface area contributed by atoms with Crippen molar-refractivity contribution in [3.8, 4) is 5.75 Å². The van der Waals surface area contributed by atoms with Crippen molar-refractivity contribution in [3.63, 3.8) is 0 Å². The highest BCUT2D eigenvalue weighted by Crippen LogP contribution is 2.36. The second-order valence-electron chi connectivity index (χ2n) is 8.37. The fourth-order valence-corrected chi connectivity index (χ4v) is 3.89. The highest BCUT2D eigenvalue weighted by atomic mass is 16.6. The van der Waals surface area contributed by atoms with Gasteiger partial charge < -0.3 is 20.1 Å². The Bertz CT molecular complexity index is 1380. The van der Waals surface area contributed by atoms with E-state index in [-0.39, 0.29) is 17.3 Å². The fourth-order valence-electron chi connectivity index (χ4n) is 3.89. The molecule has 0 bridgehead atoms. The van der Waals surface area contributed by atoms with Crippen LogP contribution >= 0.6 is 0 Å². The van der Waals surface area contributed by atoms with Gasteiger partial charge in [0.05, 0.1) is 17.7 Å². The first kappa shape index (κ1) is 25.9. The maximum atomic E-state index is 12.4. The molecular weight excluding hydrogens is 488 g/mol. The van der Waals surface area contributed by atoms with Crippen molar-refractivity contribution in [1.29, 1.82) is 0 Å². The second kappa shape index (κ2) is 11.7. The molecule has 11 heteroatoms. The fraction of sp³-hybridized carbons (Fsp3) is 0.148. The summed E-state index contributed by atoms with van der Waals surface area (Å²) in [5.41, 5.74) is 2.28. The number of nitrogens with zero attached hydrogens (tertiary/aromatic N) is 5. The van der Waals surface area contributed by atoms with E-state index in [0.717, 1.165) is 16.0 Å². The lowest BCUT2D eigenvalue weighted by Crippen LogP contribution is -2.25. The van der Waals surface area contributed by atoms with E-state index >= 15 is 0 Å². The Hall–Kier alpha value is -5.19. The van der Waals surface area contributed by atoms with Crippen LogP contribution in [0, 0.1) is 10.1 Å². The summed E-state index contributed by atoms with van der Waals surface area (Å²) >= 11 is 0. The zero-order valence-corrected chi connectivity index (χ0v) is 20.8. The molecule has 0 spiro atoms. The summed E-state index contributed by atoms with van der Waals surface area (Å²) in [5, 5.41) is 24.7. The van der Waals surface area contributed by atoms with Crippen LogP contribution in [-0.2, 0) is 13.1 Å². The lowest BCUT2D eigenvalue weighted by Gasteiger charge is -2.24. The summed E-state index contributed by atoms with van der Waals surface area (Å²) in [6.45, 7) is 0.749. The average molecular weight is 515 g/mol. The van der Waals surface area contributed by atoms with Crippen LogP contribution in [0.5, 0.6) is 5.75 Å². The SMILES string of the molecule is COc1cc(Nc2ncnc(N(Cc3ccccc3)Cc3ccccc3)c2[N+](=O)[O-])cc(N(C)C(=O)O)c1. The molecule has 4 aromatic rings. The summed E-state index contributed by atoms with van der Waals surface area (Å²) in [6.07, 6.45) is 0.0925. The van der Waals surface area contributed by atoms with E-state index in [1.165, 1.54) is 26.6 Å². The minimum atomic E-state index is -1.17. The van der Waals surface area contributed by atoms with Gasteiger partial charge in [0.25, 0.3) is 0 Å². The van der Waals surface area contributed by atoms with Crippen molar-refractivity contribution < 1.29 is 19.6 Å². The van der Waals surface area contributed by atoms with E-state index in [4.69, 9.17) is 4.74 Å². The highest BCUT2D eigenvalue weighted by Gasteiger charge is 2.28. The second-order valence-corrected chi connectivity index (χ2v) is 8.37. The molecule has 38 heavy (non-hydrogen) atoms. The van der Waals surface area contributed by atoms with Crippen LogP contribution in [0.2, 0.25) is 0 Å². The molecule has 0 unspecified atom stereocenters. The largest absolute Gasteiger partial charge is 0.497 e. The van der Waals surface area contributed by atoms with E-state index in [1.54, 1.807) is 12.1 Å². The number of nitrogens with one attached hydrogen (secondary N) is 1. The van der Waals surface area contributed by atoms with Crippen LogP contribution in [-0.4, -0.2) is 40.2 Å². The number of ether oxygens (including phenoxy) is 1. The van der Waals surface area contributed by atoms with Gasteiger partial charge in [-0.25, -0.2) is 14.8 Å². The smallest absolute Gasteiger partial charge is 0.411 e. The van der Waals surface area contributed by atoms with E-state index in [1.807, 2.05) is 65.6 Å². The van der Waals surface area contributed by atoms with Gasteiger partial charge in [-0.2, -0.15) is 0 Å². The minimum absolute atomic E-state index is 0.0386. The number of aromatic nitrogens is 2. The van der Waals surface area contributed by atoms with Crippen molar-refractivity contribution in [2.24, 2.45) is 0 Å². The Morgan fingerprint density at radius 1 is 1.00 bits per heavy atom. The number of carboxylic acid groups (broad SMARTS) is 1. The first-order valence-electron chi connectivity index (χ1n) is 11.6. The molecule has 0 saturated heterocycles. The molecule has 0 aliphatic carbocycles. The topological polar surface area (TPSA) is 134 Å². The molecule has 0 aliphatic rings. The van der Waals surface area contributed by atoms with Crippen LogP contribution in [0.25, 0.3) is 0 Å². The number of anilines is 4. The number of carbonyl (C=O) groups is 1. The van der Waals surface area contributed by atoms with Crippen molar-refractivity contribution >= 4 is 34.8 Å². The third-order valence-electron chi connectivity index (χ3n) is 5.78. The Labute approximate surface area is 219 Å². The molecular formula is C27H26N6O5. The van der Waals surface area contributed by atoms with Gasteiger partial charge in [-0.3, -0.25) is 15.0 Å². The molecule has 194 valence electrons. The Morgan fingerprint density at radius 3 is 2.13 bits per heavy atom. The Kier molecular flexibility index (Phi) is 7.97. The van der Waals surface area contributed by atoms with Crippen LogP contribution in [0.15, 0.2) is 85.2 Å². The number of nitro groups is 1. The summed E-state index contributed by atoms with van der Waals surface area (Å²) in [4.78, 5) is 34.6. The van der Waals surface area contributed by atoms with Gasteiger partial charge in [0, 0.05) is 38.0 Å². The molecule has 1 heterocycles. The third-order valence-corrected chi connectivity index (χ3v) is 5.78. The van der Waals surface area contributed by atoms with Gasteiger partial charge in [0.15, 0.2) is 0 Å². The number of amides is 1. The van der Waals surface area contributed by atoms with Gasteiger partial charge in [0.2, 0.25) is 11.6 Å². The highest BCUT2D eigenvalue weighted by molar-refractivity contribution is 5.87. The van der Waals surface area contributed by atoms with Crippen molar-refractivity contribution in [2.45, 2.75) is 13.1 Å². The molecule has 0 saturated carbocycles. The lowest BCUT2D eigenvalue weighted by molar-refractivity contribution is -0.383. The van der Waals surface area contributed by atoms with Gasteiger partial charge in [-0.1, -0.05) is 60.7 Å². The number of hydrogen-bond donors (Lipinski definition) is 2. The molecule has 11 nitrogen and oxygen atoms in total. The normalized spacial score (nSPS) is 10.5. The first-order valence-corrected chi connectivity index (χ1v) is 11.6. The van der Waals surface area contributed by atoms with Crippen molar-refractivity contribution in [2.75, 3.05) is 29.3 Å². The maximum Gasteiger partial charge on any atom is 0.411 e. The maximum absolute atomic E-state index is 12.4. The quantitative estimate of drug-likeness (QED) is 0.209. The molecule has 4 rings (SSSR count).